The fourth-order valence-electron chi connectivity index (χ4n) is 3.31. The first kappa shape index (κ1) is 12.7. The fraction of sp³-hybridized carbons (Fsp3) is 0.571. The van der Waals surface area contributed by atoms with Crippen molar-refractivity contribution in [3.05, 3.63) is 23.8 Å². The Balaban J connectivity index is 1.80. The molecular formula is C14H19F2N3. The van der Waals surface area contributed by atoms with Gasteiger partial charge in [0, 0.05) is 18.6 Å². The number of anilines is 2. The summed E-state index contributed by atoms with van der Waals surface area (Å²) in [6.07, 6.45) is 4.52. The molecule has 2 aliphatic heterocycles. The van der Waals surface area contributed by atoms with Crippen LogP contribution in [0.4, 0.5) is 20.2 Å². The van der Waals surface area contributed by atoms with Crippen molar-refractivity contribution < 1.29 is 8.78 Å². The molecule has 0 amide bonds. The monoisotopic (exact) mass is 267 g/mol. The Morgan fingerprint density at radius 3 is 2.84 bits per heavy atom. The predicted molar refractivity (Wildman–Crippen MR) is 72.0 cm³/mol. The van der Waals surface area contributed by atoms with E-state index < -0.39 is 11.6 Å². The summed E-state index contributed by atoms with van der Waals surface area (Å²) in [5.74, 6) is -1.72. The normalized spacial score (nSPS) is 27.3. The zero-order valence-electron chi connectivity index (χ0n) is 10.8. The predicted octanol–water partition coefficient (Wildman–Crippen LogP) is 2.59. The Hall–Kier alpha value is -1.36. The van der Waals surface area contributed by atoms with E-state index in [1.165, 1.54) is 18.9 Å². The maximum absolute atomic E-state index is 13.8. The summed E-state index contributed by atoms with van der Waals surface area (Å²) in [4.78, 5) is 2.44. The SMILES string of the molecule is Nc1ccc(F)c(F)c1NC1CCN2CCCCC12. The Morgan fingerprint density at radius 2 is 2.00 bits per heavy atom. The Bertz CT molecular complexity index is 478. The van der Waals surface area contributed by atoms with Crippen molar-refractivity contribution in [2.24, 2.45) is 0 Å². The van der Waals surface area contributed by atoms with Crippen LogP contribution < -0.4 is 11.1 Å². The van der Waals surface area contributed by atoms with E-state index in [-0.39, 0.29) is 17.4 Å². The summed E-state index contributed by atoms with van der Waals surface area (Å²) < 4.78 is 27.1. The fourth-order valence-corrected chi connectivity index (χ4v) is 3.31. The second-order valence-electron chi connectivity index (χ2n) is 5.46. The summed E-state index contributed by atoms with van der Waals surface area (Å²) in [6.45, 7) is 2.14. The largest absolute Gasteiger partial charge is 0.397 e. The lowest BCUT2D eigenvalue weighted by atomic mass is 9.98. The van der Waals surface area contributed by atoms with Crippen LogP contribution in [0.15, 0.2) is 12.1 Å². The number of benzene rings is 1. The average molecular weight is 267 g/mol. The molecule has 0 saturated carbocycles. The number of hydrogen-bond donors (Lipinski definition) is 2. The molecule has 5 heteroatoms. The van der Waals surface area contributed by atoms with Gasteiger partial charge in [-0.1, -0.05) is 6.42 Å². The van der Waals surface area contributed by atoms with E-state index in [0.717, 1.165) is 32.0 Å². The molecule has 0 bridgehead atoms. The molecule has 104 valence electrons. The third-order valence-electron chi connectivity index (χ3n) is 4.31. The van der Waals surface area contributed by atoms with Gasteiger partial charge in [0.2, 0.25) is 0 Å². The lowest BCUT2D eigenvalue weighted by Gasteiger charge is -2.33. The van der Waals surface area contributed by atoms with Crippen molar-refractivity contribution in [3.8, 4) is 0 Å². The van der Waals surface area contributed by atoms with Crippen molar-refractivity contribution in [1.29, 1.82) is 0 Å². The summed E-state index contributed by atoms with van der Waals surface area (Å²) in [5, 5.41) is 3.14. The molecule has 2 heterocycles. The molecule has 2 unspecified atom stereocenters. The van der Waals surface area contributed by atoms with Gasteiger partial charge in [-0.05, 0) is 37.9 Å². The molecular weight excluding hydrogens is 248 g/mol. The van der Waals surface area contributed by atoms with E-state index in [1.54, 1.807) is 0 Å². The second kappa shape index (κ2) is 4.96. The lowest BCUT2D eigenvalue weighted by molar-refractivity contribution is 0.192. The summed E-state index contributed by atoms with van der Waals surface area (Å²) in [7, 11) is 0. The van der Waals surface area contributed by atoms with Gasteiger partial charge in [-0.3, -0.25) is 4.90 Å². The number of nitrogens with one attached hydrogen (secondary N) is 1. The van der Waals surface area contributed by atoms with Gasteiger partial charge < -0.3 is 11.1 Å². The first-order chi connectivity index (χ1) is 9.16. The van der Waals surface area contributed by atoms with E-state index >= 15 is 0 Å². The first-order valence-electron chi connectivity index (χ1n) is 6.91. The number of nitrogens with two attached hydrogens (primary N) is 1. The van der Waals surface area contributed by atoms with Gasteiger partial charge >= 0.3 is 0 Å². The minimum atomic E-state index is -0.866. The van der Waals surface area contributed by atoms with Gasteiger partial charge in [0.15, 0.2) is 11.6 Å². The summed E-state index contributed by atoms with van der Waals surface area (Å²) in [5.41, 5.74) is 6.15. The van der Waals surface area contributed by atoms with E-state index in [2.05, 4.69) is 10.2 Å². The molecule has 1 aromatic rings. The molecule has 0 radical (unpaired) electrons. The number of nitrogen functional groups attached to an aromatic ring is 1. The molecule has 2 aliphatic rings. The van der Waals surface area contributed by atoms with Crippen LogP contribution in [-0.4, -0.2) is 30.1 Å². The Kier molecular flexibility index (Phi) is 3.31. The third-order valence-corrected chi connectivity index (χ3v) is 4.31. The summed E-state index contributed by atoms with van der Waals surface area (Å²) >= 11 is 0. The van der Waals surface area contributed by atoms with Gasteiger partial charge in [-0.15, -0.1) is 0 Å². The van der Waals surface area contributed by atoms with Crippen LogP contribution in [0.2, 0.25) is 0 Å². The van der Waals surface area contributed by atoms with Crippen LogP contribution in [0.5, 0.6) is 0 Å². The number of rotatable bonds is 2. The molecule has 2 atom stereocenters. The molecule has 0 aromatic heterocycles. The van der Waals surface area contributed by atoms with Gasteiger partial charge in [-0.25, -0.2) is 8.78 Å². The maximum Gasteiger partial charge on any atom is 0.183 e. The van der Waals surface area contributed by atoms with E-state index in [9.17, 15) is 8.78 Å². The molecule has 3 N–H and O–H groups in total. The molecule has 0 aliphatic carbocycles. The highest BCUT2D eigenvalue weighted by Gasteiger charge is 2.36. The average Bonchev–Trinajstić information content (AvgIpc) is 2.83. The first-order valence-corrected chi connectivity index (χ1v) is 6.91. The van der Waals surface area contributed by atoms with E-state index in [4.69, 9.17) is 5.73 Å². The quantitative estimate of drug-likeness (QED) is 0.809. The Morgan fingerprint density at radius 1 is 1.16 bits per heavy atom. The molecule has 2 saturated heterocycles. The van der Waals surface area contributed by atoms with Crippen molar-refractivity contribution in [2.45, 2.75) is 37.8 Å². The standard InChI is InChI=1S/C14H19F2N3/c15-9-4-5-10(17)14(13(9)16)18-11-6-8-19-7-2-1-3-12(11)19/h4-5,11-12,18H,1-3,6-8,17H2. The minimum absolute atomic E-state index is 0.123. The highest BCUT2D eigenvalue weighted by atomic mass is 19.2. The highest BCUT2D eigenvalue weighted by molar-refractivity contribution is 5.67. The van der Waals surface area contributed by atoms with Crippen LogP contribution >= 0.6 is 0 Å². The number of halogens is 2. The van der Waals surface area contributed by atoms with Crippen LogP contribution in [0.25, 0.3) is 0 Å². The molecule has 19 heavy (non-hydrogen) atoms. The number of hydrogen-bond acceptors (Lipinski definition) is 3. The Labute approximate surface area is 111 Å². The van der Waals surface area contributed by atoms with Crippen molar-refractivity contribution in [2.75, 3.05) is 24.1 Å². The molecule has 3 nitrogen and oxygen atoms in total. The van der Waals surface area contributed by atoms with Crippen LogP contribution in [0, 0.1) is 11.6 Å². The molecule has 3 rings (SSSR count). The highest BCUT2D eigenvalue weighted by Crippen LogP contribution is 2.32. The van der Waals surface area contributed by atoms with Gasteiger partial charge in [0.1, 0.15) is 0 Å². The number of fused-ring (bicyclic) bond motifs is 1. The van der Waals surface area contributed by atoms with Gasteiger partial charge in [-0.2, -0.15) is 0 Å². The minimum Gasteiger partial charge on any atom is -0.397 e. The number of nitrogens with zero attached hydrogens (tertiary/aromatic N) is 1. The topological polar surface area (TPSA) is 41.3 Å². The van der Waals surface area contributed by atoms with Crippen LogP contribution in [0.3, 0.4) is 0 Å². The number of piperidine rings is 1. The lowest BCUT2D eigenvalue weighted by Crippen LogP contribution is -2.42. The maximum atomic E-state index is 13.8. The molecule has 1 aromatic carbocycles. The van der Waals surface area contributed by atoms with Crippen LogP contribution in [-0.2, 0) is 0 Å². The van der Waals surface area contributed by atoms with Crippen LogP contribution in [0.1, 0.15) is 25.7 Å². The zero-order valence-corrected chi connectivity index (χ0v) is 10.8. The third kappa shape index (κ3) is 2.27. The molecule has 2 fully saturated rings. The molecule has 0 spiro atoms. The van der Waals surface area contributed by atoms with E-state index in [0.29, 0.717) is 6.04 Å². The van der Waals surface area contributed by atoms with Gasteiger partial charge in [0.25, 0.3) is 0 Å². The summed E-state index contributed by atoms with van der Waals surface area (Å²) in [6, 6.07) is 3.07. The zero-order chi connectivity index (χ0) is 13.4. The van der Waals surface area contributed by atoms with Crippen molar-refractivity contribution >= 4 is 11.4 Å². The van der Waals surface area contributed by atoms with E-state index in [1.807, 2.05) is 0 Å². The van der Waals surface area contributed by atoms with Gasteiger partial charge in [0.05, 0.1) is 11.4 Å². The smallest absolute Gasteiger partial charge is 0.183 e. The van der Waals surface area contributed by atoms with Crippen molar-refractivity contribution in [1.82, 2.24) is 4.90 Å². The van der Waals surface area contributed by atoms with Crippen molar-refractivity contribution in [3.63, 3.8) is 0 Å². The second-order valence-corrected chi connectivity index (χ2v) is 5.46.